The number of carbonyl (C=O) groups is 1. The SMILES string of the molecule is NC(=O)COCCNc1ncc2ccccc2n1. The standard InChI is InChI=1S/C12H14N4O2/c13-11(17)8-18-6-5-14-12-15-7-9-3-1-2-4-10(9)16-12/h1-4,7H,5-6,8H2,(H2,13,17)(H,14,15,16). The van der Waals surface area contributed by atoms with Gasteiger partial charge >= 0.3 is 0 Å². The van der Waals surface area contributed by atoms with Gasteiger partial charge in [0.15, 0.2) is 0 Å². The molecule has 6 heteroatoms. The van der Waals surface area contributed by atoms with Crippen LogP contribution in [0.1, 0.15) is 0 Å². The fraction of sp³-hybridized carbons (Fsp3) is 0.250. The Hall–Kier alpha value is -2.21. The third-order valence-electron chi connectivity index (χ3n) is 2.26. The minimum Gasteiger partial charge on any atom is -0.370 e. The first kappa shape index (κ1) is 12.3. The Morgan fingerprint density at radius 3 is 3.06 bits per heavy atom. The summed E-state index contributed by atoms with van der Waals surface area (Å²) in [5.41, 5.74) is 5.82. The quantitative estimate of drug-likeness (QED) is 0.726. The molecule has 1 amide bonds. The lowest BCUT2D eigenvalue weighted by atomic mass is 10.2. The van der Waals surface area contributed by atoms with E-state index in [4.69, 9.17) is 10.5 Å². The van der Waals surface area contributed by atoms with Gasteiger partial charge in [0.05, 0.1) is 12.1 Å². The van der Waals surface area contributed by atoms with Crippen LogP contribution in [0.2, 0.25) is 0 Å². The average molecular weight is 246 g/mol. The molecule has 3 N–H and O–H groups in total. The lowest BCUT2D eigenvalue weighted by molar-refractivity contribution is -0.122. The number of hydrogen-bond donors (Lipinski definition) is 2. The summed E-state index contributed by atoms with van der Waals surface area (Å²) in [6, 6.07) is 7.74. The van der Waals surface area contributed by atoms with Crippen LogP contribution >= 0.6 is 0 Å². The number of carbonyl (C=O) groups excluding carboxylic acids is 1. The van der Waals surface area contributed by atoms with E-state index < -0.39 is 5.91 Å². The maximum Gasteiger partial charge on any atom is 0.243 e. The zero-order valence-electron chi connectivity index (χ0n) is 9.80. The third-order valence-corrected chi connectivity index (χ3v) is 2.26. The van der Waals surface area contributed by atoms with Crippen molar-refractivity contribution in [3.05, 3.63) is 30.5 Å². The summed E-state index contributed by atoms with van der Waals surface area (Å²) in [7, 11) is 0. The zero-order chi connectivity index (χ0) is 12.8. The van der Waals surface area contributed by atoms with E-state index in [0.717, 1.165) is 10.9 Å². The van der Waals surface area contributed by atoms with Gasteiger partial charge in [-0.2, -0.15) is 0 Å². The summed E-state index contributed by atoms with van der Waals surface area (Å²) in [6.07, 6.45) is 1.76. The maximum atomic E-state index is 10.4. The topological polar surface area (TPSA) is 90.1 Å². The van der Waals surface area contributed by atoms with Gasteiger partial charge < -0.3 is 15.8 Å². The van der Waals surface area contributed by atoms with Crippen molar-refractivity contribution in [2.24, 2.45) is 5.73 Å². The van der Waals surface area contributed by atoms with E-state index in [1.807, 2.05) is 24.3 Å². The Labute approximate surface area is 104 Å². The molecule has 0 aliphatic heterocycles. The van der Waals surface area contributed by atoms with Gasteiger partial charge in [0.1, 0.15) is 6.61 Å². The number of nitrogens with two attached hydrogens (primary N) is 1. The van der Waals surface area contributed by atoms with Crippen LogP contribution in [-0.2, 0) is 9.53 Å². The van der Waals surface area contributed by atoms with Crippen LogP contribution < -0.4 is 11.1 Å². The van der Waals surface area contributed by atoms with E-state index in [0.29, 0.717) is 19.1 Å². The number of aromatic nitrogens is 2. The van der Waals surface area contributed by atoms with Gasteiger partial charge in [0, 0.05) is 18.1 Å². The number of anilines is 1. The predicted molar refractivity (Wildman–Crippen MR) is 68.0 cm³/mol. The largest absolute Gasteiger partial charge is 0.370 e. The molecular weight excluding hydrogens is 232 g/mol. The van der Waals surface area contributed by atoms with Gasteiger partial charge in [-0.15, -0.1) is 0 Å². The van der Waals surface area contributed by atoms with Gasteiger partial charge in [-0.3, -0.25) is 4.79 Å². The predicted octanol–water partition coefficient (Wildman–Crippen LogP) is 0.544. The summed E-state index contributed by atoms with van der Waals surface area (Å²) in [4.78, 5) is 18.9. The van der Waals surface area contributed by atoms with Crippen LogP contribution in [0.25, 0.3) is 10.9 Å². The fourth-order valence-electron chi connectivity index (χ4n) is 1.47. The minimum atomic E-state index is -0.475. The van der Waals surface area contributed by atoms with Crippen molar-refractivity contribution < 1.29 is 9.53 Å². The molecule has 94 valence electrons. The normalized spacial score (nSPS) is 10.4. The number of rotatable bonds is 6. The molecule has 0 saturated heterocycles. The summed E-state index contributed by atoms with van der Waals surface area (Å²) in [5, 5.41) is 4.00. The van der Waals surface area contributed by atoms with Crippen LogP contribution in [0, 0.1) is 0 Å². The second-order valence-corrected chi connectivity index (χ2v) is 3.70. The Morgan fingerprint density at radius 2 is 2.22 bits per heavy atom. The molecule has 0 unspecified atom stereocenters. The highest BCUT2D eigenvalue weighted by atomic mass is 16.5. The zero-order valence-corrected chi connectivity index (χ0v) is 9.80. The fourth-order valence-corrected chi connectivity index (χ4v) is 1.47. The van der Waals surface area contributed by atoms with Crippen LogP contribution in [0.3, 0.4) is 0 Å². The first-order chi connectivity index (χ1) is 8.75. The van der Waals surface area contributed by atoms with Gasteiger partial charge in [0.2, 0.25) is 11.9 Å². The monoisotopic (exact) mass is 246 g/mol. The van der Waals surface area contributed by atoms with Crippen molar-refractivity contribution in [2.45, 2.75) is 0 Å². The molecule has 1 heterocycles. The number of benzene rings is 1. The second-order valence-electron chi connectivity index (χ2n) is 3.70. The van der Waals surface area contributed by atoms with E-state index >= 15 is 0 Å². The number of nitrogens with zero attached hydrogens (tertiary/aromatic N) is 2. The van der Waals surface area contributed by atoms with Gasteiger partial charge in [0.25, 0.3) is 0 Å². The average Bonchev–Trinajstić information content (AvgIpc) is 2.38. The molecule has 0 fully saturated rings. The first-order valence-corrected chi connectivity index (χ1v) is 5.57. The van der Waals surface area contributed by atoms with Crippen molar-refractivity contribution in [3.8, 4) is 0 Å². The third kappa shape index (κ3) is 3.39. The van der Waals surface area contributed by atoms with Gasteiger partial charge in [-0.1, -0.05) is 18.2 Å². The Kier molecular flexibility index (Phi) is 4.03. The van der Waals surface area contributed by atoms with Crippen molar-refractivity contribution in [1.29, 1.82) is 0 Å². The van der Waals surface area contributed by atoms with Crippen molar-refractivity contribution in [3.63, 3.8) is 0 Å². The Balaban J connectivity index is 1.86. The van der Waals surface area contributed by atoms with Crippen LogP contribution in [-0.4, -0.2) is 35.6 Å². The minimum absolute atomic E-state index is 0.0692. The highest BCUT2D eigenvalue weighted by molar-refractivity contribution is 5.78. The Bertz CT molecular complexity index is 544. The Morgan fingerprint density at radius 1 is 1.39 bits per heavy atom. The van der Waals surface area contributed by atoms with Crippen LogP contribution in [0.15, 0.2) is 30.5 Å². The van der Waals surface area contributed by atoms with E-state index in [2.05, 4.69) is 15.3 Å². The smallest absolute Gasteiger partial charge is 0.243 e. The number of hydrogen-bond acceptors (Lipinski definition) is 5. The summed E-state index contributed by atoms with van der Waals surface area (Å²) in [6.45, 7) is 0.824. The van der Waals surface area contributed by atoms with Crippen molar-refractivity contribution >= 4 is 22.8 Å². The van der Waals surface area contributed by atoms with E-state index in [-0.39, 0.29) is 6.61 Å². The molecule has 0 aliphatic rings. The molecule has 1 aromatic carbocycles. The summed E-state index contributed by atoms with van der Waals surface area (Å²) < 4.78 is 5.01. The molecule has 0 radical (unpaired) electrons. The molecule has 0 bridgehead atoms. The molecule has 1 aromatic heterocycles. The number of fused-ring (bicyclic) bond motifs is 1. The molecule has 6 nitrogen and oxygen atoms in total. The van der Waals surface area contributed by atoms with Crippen molar-refractivity contribution in [1.82, 2.24) is 9.97 Å². The van der Waals surface area contributed by atoms with Crippen LogP contribution in [0.5, 0.6) is 0 Å². The molecule has 0 spiro atoms. The second kappa shape index (κ2) is 5.92. The molecule has 2 aromatic rings. The van der Waals surface area contributed by atoms with Crippen LogP contribution in [0.4, 0.5) is 5.95 Å². The lowest BCUT2D eigenvalue weighted by Gasteiger charge is -2.05. The highest BCUT2D eigenvalue weighted by Crippen LogP contribution is 2.11. The van der Waals surface area contributed by atoms with E-state index in [1.54, 1.807) is 6.20 Å². The molecule has 18 heavy (non-hydrogen) atoms. The maximum absolute atomic E-state index is 10.4. The number of amides is 1. The number of para-hydroxylation sites is 1. The van der Waals surface area contributed by atoms with Gasteiger partial charge in [-0.25, -0.2) is 9.97 Å². The van der Waals surface area contributed by atoms with E-state index in [1.165, 1.54) is 0 Å². The molecule has 0 atom stereocenters. The molecule has 0 aliphatic carbocycles. The van der Waals surface area contributed by atoms with Crippen molar-refractivity contribution in [2.75, 3.05) is 25.1 Å². The van der Waals surface area contributed by atoms with E-state index in [9.17, 15) is 4.79 Å². The molecule has 2 rings (SSSR count). The number of primary amides is 1. The highest BCUT2D eigenvalue weighted by Gasteiger charge is 1.99. The summed E-state index contributed by atoms with van der Waals surface area (Å²) in [5.74, 6) is 0.0633. The first-order valence-electron chi connectivity index (χ1n) is 5.57. The lowest BCUT2D eigenvalue weighted by Crippen LogP contribution is -2.20. The molecule has 0 saturated carbocycles. The summed E-state index contributed by atoms with van der Waals surface area (Å²) >= 11 is 0. The van der Waals surface area contributed by atoms with Gasteiger partial charge in [-0.05, 0) is 6.07 Å². The molecular formula is C12H14N4O2. The number of nitrogens with one attached hydrogen (secondary N) is 1. The number of ether oxygens (including phenoxy) is 1.